The van der Waals surface area contributed by atoms with Gasteiger partial charge in [0.15, 0.2) is 5.78 Å². The minimum Gasteiger partial charge on any atom is -0.398 e. The van der Waals surface area contributed by atoms with Crippen LogP contribution in [-0.2, 0) is 0 Å². The molecule has 0 fully saturated rings. The number of Topliss-reactive ketones (excluding diaryl/α,β-unsaturated/α-hetero) is 1. The van der Waals surface area contributed by atoms with Gasteiger partial charge in [-0.25, -0.2) is 4.39 Å². The van der Waals surface area contributed by atoms with Crippen LogP contribution in [-0.4, -0.2) is 16.7 Å². The summed E-state index contributed by atoms with van der Waals surface area (Å²) in [6.45, 7) is 1.65. The number of amides is 1. The molecule has 21 heavy (non-hydrogen) atoms. The lowest BCUT2D eigenvalue weighted by atomic mass is 9.94. The lowest BCUT2D eigenvalue weighted by molar-refractivity contribution is 0.0989. The van der Waals surface area contributed by atoms with Gasteiger partial charge in [-0.15, -0.1) is 0 Å². The Bertz CT molecular complexity index is 715. The number of carbonyl (C=O) groups excluding carboxylic acids is 2. The first-order valence-electron chi connectivity index (χ1n) is 6.32. The van der Waals surface area contributed by atoms with Crippen molar-refractivity contribution < 1.29 is 14.0 Å². The maximum atomic E-state index is 14.5. The van der Waals surface area contributed by atoms with Crippen LogP contribution in [0.15, 0.2) is 30.6 Å². The molecule has 1 aromatic heterocycles. The Morgan fingerprint density at radius 3 is 2.38 bits per heavy atom. The number of nitrogens with zero attached hydrogens (tertiary/aromatic N) is 1. The van der Waals surface area contributed by atoms with Crippen molar-refractivity contribution in [3.8, 4) is 11.1 Å². The van der Waals surface area contributed by atoms with Crippen LogP contribution in [0.4, 0.5) is 10.1 Å². The number of hydrogen-bond donors (Lipinski definition) is 2. The van der Waals surface area contributed by atoms with E-state index in [1.807, 2.05) is 0 Å². The van der Waals surface area contributed by atoms with Crippen LogP contribution in [0.5, 0.6) is 0 Å². The van der Waals surface area contributed by atoms with E-state index in [4.69, 9.17) is 11.5 Å². The van der Waals surface area contributed by atoms with Crippen LogP contribution in [0.1, 0.15) is 34.1 Å². The molecule has 4 N–H and O–H groups in total. The lowest BCUT2D eigenvalue weighted by Gasteiger charge is -2.14. The molecule has 6 heteroatoms. The largest absolute Gasteiger partial charge is 0.398 e. The second-order valence-electron chi connectivity index (χ2n) is 4.45. The van der Waals surface area contributed by atoms with E-state index in [1.165, 1.54) is 12.4 Å². The quantitative estimate of drug-likeness (QED) is 0.664. The first-order valence-corrected chi connectivity index (χ1v) is 6.32. The van der Waals surface area contributed by atoms with E-state index in [-0.39, 0.29) is 34.6 Å². The molecule has 0 spiro atoms. The summed E-state index contributed by atoms with van der Waals surface area (Å²) in [6, 6.07) is 4.20. The molecule has 0 bridgehead atoms. The Morgan fingerprint density at radius 1 is 1.24 bits per heavy atom. The summed E-state index contributed by atoms with van der Waals surface area (Å²) < 4.78 is 14.5. The van der Waals surface area contributed by atoms with Crippen molar-refractivity contribution in [3.05, 3.63) is 47.5 Å². The number of nitrogens with two attached hydrogens (primary N) is 2. The minimum absolute atomic E-state index is 0.00412. The SMILES string of the molecule is CCC(=O)c1cc(C(N)=O)c(F)c(-c2ccncc2)c1N. The molecular weight excluding hydrogens is 273 g/mol. The average Bonchev–Trinajstić information content (AvgIpc) is 2.47. The Morgan fingerprint density at radius 2 is 1.86 bits per heavy atom. The fraction of sp³-hybridized carbons (Fsp3) is 0.133. The standard InChI is InChI=1S/C15H14FN3O2/c1-2-11(20)9-7-10(15(18)21)13(16)12(14(9)17)8-3-5-19-6-4-8/h3-7H,2,17H2,1H3,(H2,18,21). The van der Waals surface area contributed by atoms with Crippen molar-refractivity contribution in [1.82, 2.24) is 4.98 Å². The third kappa shape index (κ3) is 2.60. The number of carbonyl (C=O) groups is 2. The summed E-state index contributed by atoms with van der Waals surface area (Å²) in [5.74, 6) is -2.07. The van der Waals surface area contributed by atoms with E-state index in [0.29, 0.717) is 5.56 Å². The summed E-state index contributed by atoms with van der Waals surface area (Å²) in [6.07, 6.45) is 3.11. The zero-order valence-electron chi connectivity index (χ0n) is 11.4. The van der Waals surface area contributed by atoms with E-state index >= 15 is 0 Å². The van der Waals surface area contributed by atoms with Crippen molar-refractivity contribution in [3.63, 3.8) is 0 Å². The molecule has 108 valence electrons. The predicted octanol–water partition coefficient (Wildman–Crippen LogP) is 2.16. The molecule has 2 rings (SSSR count). The van der Waals surface area contributed by atoms with Gasteiger partial charge in [-0.2, -0.15) is 0 Å². The molecule has 1 heterocycles. The van der Waals surface area contributed by atoms with Gasteiger partial charge in [0.05, 0.1) is 11.3 Å². The molecule has 5 nitrogen and oxygen atoms in total. The highest BCUT2D eigenvalue weighted by Crippen LogP contribution is 2.34. The highest BCUT2D eigenvalue weighted by molar-refractivity contribution is 6.07. The van der Waals surface area contributed by atoms with Gasteiger partial charge in [0, 0.05) is 29.9 Å². The first kappa shape index (κ1) is 14.6. The van der Waals surface area contributed by atoms with Crippen LogP contribution in [0.25, 0.3) is 11.1 Å². The molecule has 1 amide bonds. The average molecular weight is 287 g/mol. The fourth-order valence-corrected chi connectivity index (χ4v) is 2.07. The number of anilines is 1. The topological polar surface area (TPSA) is 99.1 Å². The van der Waals surface area contributed by atoms with E-state index < -0.39 is 11.7 Å². The van der Waals surface area contributed by atoms with Gasteiger partial charge in [0.25, 0.3) is 5.91 Å². The van der Waals surface area contributed by atoms with Gasteiger partial charge in [-0.05, 0) is 23.8 Å². The van der Waals surface area contributed by atoms with Gasteiger partial charge in [0.1, 0.15) is 5.82 Å². The Kier molecular flexibility index (Phi) is 3.98. The van der Waals surface area contributed by atoms with Crippen LogP contribution >= 0.6 is 0 Å². The monoisotopic (exact) mass is 287 g/mol. The fourth-order valence-electron chi connectivity index (χ4n) is 2.07. The molecule has 0 saturated carbocycles. The molecule has 0 aliphatic carbocycles. The highest BCUT2D eigenvalue weighted by atomic mass is 19.1. The van der Waals surface area contributed by atoms with E-state index in [9.17, 15) is 14.0 Å². The number of primary amides is 1. The number of benzene rings is 1. The Balaban J connectivity index is 2.82. The highest BCUT2D eigenvalue weighted by Gasteiger charge is 2.22. The van der Waals surface area contributed by atoms with Crippen molar-refractivity contribution in [2.24, 2.45) is 5.73 Å². The Hall–Kier alpha value is -2.76. The van der Waals surface area contributed by atoms with Crippen LogP contribution in [0.2, 0.25) is 0 Å². The molecule has 0 saturated heterocycles. The Labute approximate surface area is 120 Å². The van der Waals surface area contributed by atoms with E-state index in [0.717, 1.165) is 6.07 Å². The summed E-state index contributed by atoms with van der Waals surface area (Å²) in [5, 5.41) is 0. The number of rotatable bonds is 4. The van der Waals surface area contributed by atoms with Gasteiger partial charge >= 0.3 is 0 Å². The maximum absolute atomic E-state index is 14.5. The van der Waals surface area contributed by atoms with Gasteiger partial charge in [-0.3, -0.25) is 14.6 Å². The lowest BCUT2D eigenvalue weighted by Crippen LogP contribution is -2.17. The van der Waals surface area contributed by atoms with Crippen LogP contribution < -0.4 is 11.5 Å². The molecule has 0 aliphatic heterocycles. The smallest absolute Gasteiger partial charge is 0.251 e. The zero-order valence-corrected chi connectivity index (χ0v) is 11.4. The van der Waals surface area contributed by atoms with Gasteiger partial charge < -0.3 is 11.5 Å². The van der Waals surface area contributed by atoms with Gasteiger partial charge in [-0.1, -0.05) is 6.92 Å². The van der Waals surface area contributed by atoms with Gasteiger partial charge in [0.2, 0.25) is 0 Å². The number of hydrogen-bond acceptors (Lipinski definition) is 4. The normalized spacial score (nSPS) is 10.4. The first-order chi connectivity index (χ1) is 9.97. The number of aromatic nitrogens is 1. The number of halogens is 1. The van der Waals surface area contributed by atoms with Crippen LogP contribution in [0, 0.1) is 5.82 Å². The number of ketones is 1. The second kappa shape index (κ2) is 5.70. The summed E-state index contributed by atoms with van der Waals surface area (Å²) in [7, 11) is 0. The predicted molar refractivity (Wildman–Crippen MR) is 77.2 cm³/mol. The summed E-state index contributed by atoms with van der Waals surface area (Å²) in [5.41, 5.74) is 11.3. The molecular formula is C15H14FN3O2. The zero-order chi connectivity index (χ0) is 15.6. The third-order valence-corrected chi connectivity index (χ3v) is 3.16. The molecule has 2 aromatic rings. The second-order valence-corrected chi connectivity index (χ2v) is 4.45. The number of nitrogen functional groups attached to an aromatic ring is 1. The molecule has 0 unspecified atom stereocenters. The third-order valence-electron chi connectivity index (χ3n) is 3.16. The van der Waals surface area contributed by atoms with Crippen LogP contribution in [0.3, 0.4) is 0 Å². The van der Waals surface area contributed by atoms with Crippen molar-refractivity contribution in [2.75, 3.05) is 5.73 Å². The summed E-state index contributed by atoms with van der Waals surface area (Å²) in [4.78, 5) is 27.2. The molecule has 0 atom stereocenters. The number of pyridine rings is 1. The van der Waals surface area contributed by atoms with Crippen molar-refractivity contribution >= 4 is 17.4 Å². The molecule has 0 radical (unpaired) electrons. The van der Waals surface area contributed by atoms with E-state index in [1.54, 1.807) is 19.1 Å². The summed E-state index contributed by atoms with van der Waals surface area (Å²) >= 11 is 0. The molecule has 0 aliphatic rings. The van der Waals surface area contributed by atoms with Crippen molar-refractivity contribution in [2.45, 2.75) is 13.3 Å². The van der Waals surface area contributed by atoms with E-state index in [2.05, 4.69) is 4.98 Å². The molecule has 1 aromatic carbocycles. The minimum atomic E-state index is -0.951. The maximum Gasteiger partial charge on any atom is 0.251 e. The van der Waals surface area contributed by atoms with Crippen molar-refractivity contribution in [1.29, 1.82) is 0 Å².